The molecule has 9 heteroatoms. The van der Waals surface area contributed by atoms with Crippen LogP contribution in [0, 0.1) is 0 Å². The average Bonchev–Trinajstić information content (AvgIpc) is 3.50. The summed E-state index contributed by atoms with van der Waals surface area (Å²) in [5.74, 6) is 1.95. The van der Waals surface area contributed by atoms with Crippen LogP contribution < -0.4 is 10.3 Å². The third kappa shape index (κ3) is 3.37. The highest BCUT2D eigenvalue weighted by molar-refractivity contribution is 6.09. The Balaban J connectivity index is 0.000000994. The SMILES string of the molecule is CC.CN1NC(N2CCCC2)=CC=C1n1cc2c(n1)CN(c1cnn(C)c1)C2=O. The third-order valence-corrected chi connectivity index (χ3v) is 5.27. The summed E-state index contributed by atoms with van der Waals surface area (Å²) in [6, 6.07) is 0. The molecule has 2 aromatic rings. The lowest BCUT2D eigenvalue weighted by atomic mass is 10.3. The highest BCUT2D eigenvalue weighted by Crippen LogP contribution is 2.28. The number of allylic oxidation sites excluding steroid dienone is 2. The molecule has 0 aliphatic carbocycles. The number of hydrogen-bond donors (Lipinski definition) is 1. The Labute approximate surface area is 170 Å². The highest BCUT2D eigenvalue weighted by Gasteiger charge is 2.33. The van der Waals surface area contributed by atoms with E-state index in [2.05, 4.69) is 26.6 Å². The molecule has 0 saturated carbocycles. The normalized spacial score (nSPS) is 18.2. The van der Waals surface area contributed by atoms with Crippen molar-refractivity contribution >= 4 is 17.4 Å². The van der Waals surface area contributed by atoms with Gasteiger partial charge in [-0.1, -0.05) is 13.8 Å². The summed E-state index contributed by atoms with van der Waals surface area (Å²) in [6.45, 7) is 6.64. The van der Waals surface area contributed by atoms with E-state index in [4.69, 9.17) is 0 Å². The fourth-order valence-electron chi connectivity index (χ4n) is 3.84. The number of anilines is 1. The molecule has 29 heavy (non-hydrogen) atoms. The fraction of sp³-hybridized carbons (Fsp3) is 0.450. The summed E-state index contributed by atoms with van der Waals surface area (Å²) in [6.07, 6.45) is 11.9. The number of nitrogens with one attached hydrogen (secondary N) is 1. The van der Waals surface area contributed by atoms with Gasteiger partial charge in [0.1, 0.15) is 11.6 Å². The molecule has 0 spiro atoms. The number of nitrogens with zero attached hydrogens (tertiary/aromatic N) is 7. The van der Waals surface area contributed by atoms with Crippen LogP contribution >= 0.6 is 0 Å². The number of aryl methyl sites for hydroxylation is 1. The van der Waals surface area contributed by atoms with E-state index in [-0.39, 0.29) is 5.91 Å². The first-order valence-electron chi connectivity index (χ1n) is 10.2. The minimum absolute atomic E-state index is 0.0374. The minimum atomic E-state index is -0.0374. The quantitative estimate of drug-likeness (QED) is 0.855. The zero-order chi connectivity index (χ0) is 20.5. The number of likely N-dealkylation sites (tertiary alicyclic amines) is 1. The summed E-state index contributed by atoms with van der Waals surface area (Å²) in [4.78, 5) is 16.8. The van der Waals surface area contributed by atoms with Crippen LogP contribution in [0.1, 0.15) is 42.7 Å². The van der Waals surface area contributed by atoms with Crippen LogP contribution in [0.2, 0.25) is 0 Å². The van der Waals surface area contributed by atoms with E-state index in [1.54, 1.807) is 20.5 Å². The van der Waals surface area contributed by atoms with E-state index >= 15 is 0 Å². The van der Waals surface area contributed by atoms with Gasteiger partial charge in [0.2, 0.25) is 0 Å². The molecular weight excluding hydrogens is 368 g/mol. The van der Waals surface area contributed by atoms with Crippen molar-refractivity contribution in [3.05, 3.63) is 47.8 Å². The van der Waals surface area contributed by atoms with Gasteiger partial charge in [0.05, 0.1) is 29.7 Å². The lowest BCUT2D eigenvalue weighted by Gasteiger charge is -2.33. The van der Waals surface area contributed by atoms with Crippen LogP contribution in [-0.2, 0) is 13.6 Å². The fourth-order valence-corrected chi connectivity index (χ4v) is 3.84. The molecule has 1 N–H and O–H groups in total. The Hall–Kier alpha value is -3.23. The Bertz CT molecular complexity index is 963. The Morgan fingerprint density at radius 3 is 2.45 bits per heavy atom. The number of carbonyl (C=O) groups excluding carboxylic acids is 1. The molecule has 1 fully saturated rings. The van der Waals surface area contributed by atoms with E-state index in [0.717, 1.165) is 36.1 Å². The lowest BCUT2D eigenvalue weighted by Crippen LogP contribution is -2.42. The number of hydrogen-bond acceptors (Lipinski definition) is 6. The minimum Gasteiger partial charge on any atom is -0.357 e. The Morgan fingerprint density at radius 1 is 1.07 bits per heavy atom. The van der Waals surface area contributed by atoms with Gasteiger partial charge in [-0.2, -0.15) is 10.2 Å². The van der Waals surface area contributed by atoms with Crippen molar-refractivity contribution in [2.75, 3.05) is 25.0 Å². The molecule has 9 nitrogen and oxygen atoms in total. The van der Waals surface area contributed by atoms with Crippen LogP contribution in [0.25, 0.3) is 5.82 Å². The monoisotopic (exact) mass is 396 g/mol. The van der Waals surface area contributed by atoms with Crippen molar-refractivity contribution in [1.82, 2.24) is 34.9 Å². The van der Waals surface area contributed by atoms with Gasteiger partial charge in [-0.3, -0.25) is 24.8 Å². The summed E-state index contributed by atoms with van der Waals surface area (Å²) in [5, 5.41) is 10.7. The van der Waals surface area contributed by atoms with Crippen molar-refractivity contribution in [2.45, 2.75) is 33.2 Å². The lowest BCUT2D eigenvalue weighted by molar-refractivity contribution is 0.0996. The molecule has 3 aliphatic rings. The molecule has 2 aromatic heterocycles. The Kier molecular flexibility index (Phi) is 5.04. The van der Waals surface area contributed by atoms with Crippen LogP contribution in [0.4, 0.5) is 5.69 Å². The van der Waals surface area contributed by atoms with Crippen molar-refractivity contribution in [2.24, 2.45) is 7.05 Å². The first-order chi connectivity index (χ1) is 14.1. The summed E-state index contributed by atoms with van der Waals surface area (Å²) < 4.78 is 3.46. The zero-order valence-electron chi connectivity index (χ0n) is 17.5. The van der Waals surface area contributed by atoms with Crippen molar-refractivity contribution in [1.29, 1.82) is 0 Å². The number of carbonyl (C=O) groups is 1. The topological polar surface area (TPSA) is 74.5 Å². The molecule has 154 valence electrons. The summed E-state index contributed by atoms with van der Waals surface area (Å²) in [7, 11) is 3.80. The van der Waals surface area contributed by atoms with Crippen molar-refractivity contribution in [3.63, 3.8) is 0 Å². The van der Waals surface area contributed by atoms with Crippen LogP contribution in [0.3, 0.4) is 0 Å². The molecule has 0 unspecified atom stereocenters. The van der Waals surface area contributed by atoms with E-state index in [1.807, 2.05) is 51.4 Å². The molecule has 3 aliphatic heterocycles. The second kappa shape index (κ2) is 7.65. The number of rotatable bonds is 3. The number of fused-ring (bicyclic) bond motifs is 1. The van der Waals surface area contributed by atoms with Gasteiger partial charge in [-0.05, 0) is 25.0 Å². The smallest absolute Gasteiger partial charge is 0.262 e. The maximum atomic E-state index is 12.8. The molecule has 0 radical (unpaired) electrons. The van der Waals surface area contributed by atoms with E-state index in [9.17, 15) is 4.79 Å². The van der Waals surface area contributed by atoms with Gasteiger partial charge in [0.15, 0.2) is 0 Å². The highest BCUT2D eigenvalue weighted by atomic mass is 16.2. The summed E-state index contributed by atoms with van der Waals surface area (Å²) >= 11 is 0. The number of hydrazine groups is 1. The second-order valence-corrected chi connectivity index (χ2v) is 7.14. The van der Waals surface area contributed by atoms with Gasteiger partial charge in [-0.15, -0.1) is 0 Å². The molecule has 0 atom stereocenters. The second-order valence-electron chi connectivity index (χ2n) is 7.14. The van der Waals surface area contributed by atoms with Gasteiger partial charge in [0, 0.05) is 39.6 Å². The maximum Gasteiger partial charge on any atom is 0.262 e. The standard InChI is InChI=1S/C18H22N8O.C2H6/c1-22-10-13(9-19-22)25-12-15-14(18(25)27)11-26(20-15)17-6-5-16(21-23(17)2)24-7-3-4-8-24;1-2/h5-6,9-11,21H,3-4,7-8,12H2,1-2H3;1-2H3. The third-order valence-electron chi connectivity index (χ3n) is 5.27. The van der Waals surface area contributed by atoms with E-state index < -0.39 is 0 Å². The van der Waals surface area contributed by atoms with Crippen LogP contribution in [0.5, 0.6) is 0 Å². The van der Waals surface area contributed by atoms with Crippen LogP contribution in [-0.4, -0.2) is 55.5 Å². The van der Waals surface area contributed by atoms with Gasteiger partial charge in [-0.25, -0.2) is 4.68 Å². The molecule has 1 saturated heterocycles. The van der Waals surface area contributed by atoms with Gasteiger partial charge >= 0.3 is 0 Å². The van der Waals surface area contributed by atoms with Crippen molar-refractivity contribution < 1.29 is 4.79 Å². The van der Waals surface area contributed by atoms with Crippen molar-refractivity contribution in [3.8, 4) is 0 Å². The van der Waals surface area contributed by atoms with Gasteiger partial charge in [0.25, 0.3) is 5.91 Å². The predicted octanol–water partition coefficient (Wildman–Crippen LogP) is 1.99. The molecule has 0 bridgehead atoms. The van der Waals surface area contributed by atoms with E-state index in [1.165, 1.54) is 12.8 Å². The predicted molar refractivity (Wildman–Crippen MR) is 111 cm³/mol. The van der Waals surface area contributed by atoms with E-state index in [0.29, 0.717) is 12.1 Å². The zero-order valence-corrected chi connectivity index (χ0v) is 17.5. The molecule has 0 aromatic carbocycles. The first kappa shape index (κ1) is 19.1. The molecule has 5 rings (SSSR count). The number of amides is 1. The van der Waals surface area contributed by atoms with Gasteiger partial charge < -0.3 is 4.90 Å². The summed E-state index contributed by atoms with van der Waals surface area (Å²) in [5.41, 5.74) is 5.62. The average molecular weight is 396 g/mol. The molecule has 5 heterocycles. The number of aromatic nitrogens is 4. The molecular formula is C20H28N8O. The maximum absolute atomic E-state index is 12.8. The first-order valence-corrected chi connectivity index (χ1v) is 10.2. The van der Waals surface area contributed by atoms with Crippen LogP contribution in [0.15, 0.2) is 36.6 Å². The Morgan fingerprint density at radius 2 is 1.83 bits per heavy atom. The largest absolute Gasteiger partial charge is 0.357 e. The molecule has 1 amide bonds.